The van der Waals surface area contributed by atoms with E-state index in [9.17, 15) is 19.2 Å². The third kappa shape index (κ3) is 16.4. The summed E-state index contributed by atoms with van der Waals surface area (Å²) < 4.78 is 17.6. The minimum absolute atomic E-state index is 0. The first kappa shape index (κ1) is 25.3. The van der Waals surface area contributed by atoms with Gasteiger partial charge in [0.1, 0.15) is 0 Å². The molecule has 0 atom stereocenters. The molecule has 0 bridgehead atoms. The van der Waals surface area contributed by atoms with Crippen LogP contribution in [0.3, 0.4) is 0 Å². The molecule has 0 aliphatic carbocycles. The number of hydrogen-bond acceptors (Lipinski definition) is 10. The van der Waals surface area contributed by atoms with Crippen LogP contribution in [0.4, 0.5) is 0 Å². The zero-order valence-electron chi connectivity index (χ0n) is 13.1. The molecule has 0 unspecified atom stereocenters. The van der Waals surface area contributed by atoms with Gasteiger partial charge in [-0.15, -0.1) is 0 Å². The third-order valence-electron chi connectivity index (χ3n) is 1.07. The average Bonchev–Trinajstić information content (AvgIpc) is 2.08. The SMILES string of the molecule is CC(=O)OC(OC(C)=O)(OC(C)=O)OC(C)=O.CC(=O)[O-].[Na+]. The number of carboxylic acid groups (broad SMARTS) is 1. The van der Waals surface area contributed by atoms with Crippen LogP contribution < -0.4 is 34.7 Å². The quantitative estimate of drug-likeness (QED) is 0.281. The van der Waals surface area contributed by atoms with Crippen LogP contribution >= 0.6 is 0 Å². The Morgan fingerprint density at radius 1 is 0.636 bits per heavy atom. The molecule has 0 saturated carbocycles. The fraction of sp³-hybridized carbons (Fsp3) is 0.545. The van der Waals surface area contributed by atoms with E-state index in [1.807, 2.05) is 0 Å². The van der Waals surface area contributed by atoms with Gasteiger partial charge in [-0.1, -0.05) is 0 Å². The summed E-state index contributed by atoms with van der Waals surface area (Å²) in [5.41, 5.74) is 0. The first-order valence-corrected chi connectivity index (χ1v) is 5.36. The smallest absolute Gasteiger partial charge is 0.550 e. The van der Waals surface area contributed by atoms with E-state index >= 15 is 0 Å². The molecule has 0 aliphatic heterocycles. The summed E-state index contributed by atoms with van der Waals surface area (Å²) in [5, 5.41) is 8.89. The fourth-order valence-electron chi connectivity index (χ4n) is 0.829. The maximum atomic E-state index is 10.8. The number of carboxylic acids is 1. The van der Waals surface area contributed by atoms with Gasteiger partial charge in [0.05, 0.1) is 0 Å². The normalized spacial score (nSPS) is 8.95. The molecule has 120 valence electrons. The van der Waals surface area contributed by atoms with Crippen LogP contribution in [0.25, 0.3) is 0 Å². The molecule has 0 spiro atoms. The monoisotopic (exact) mass is 330 g/mol. The minimum Gasteiger partial charge on any atom is -0.550 e. The first-order chi connectivity index (χ1) is 9.40. The molecule has 0 aromatic rings. The second kappa shape index (κ2) is 12.0. The van der Waals surface area contributed by atoms with Crippen LogP contribution in [0.15, 0.2) is 0 Å². The van der Waals surface area contributed by atoms with E-state index in [2.05, 4.69) is 18.9 Å². The second-order valence-electron chi connectivity index (χ2n) is 3.37. The number of hydrogen-bond donors (Lipinski definition) is 0. The largest absolute Gasteiger partial charge is 1.00 e. The van der Waals surface area contributed by atoms with Crippen LogP contribution in [0.5, 0.6) is 0 Å². The molecule has 0 radical (unpaired) electrons. The molecule has 0 aliphatic rings. The van der Waals surface area contributed by atoms with Crippen molar-refractivity contribution in [2.75, 3.05) is 0 Å². The summed E-state index contributed by atoms with van der Waals surface area (Å²) in [6, 6.07) is 0. The van der Waals surface area contributed by atoms with Crippen molar-refractivity contribution < 1.29 is 77.6 Å². The summed E-state index contributed by atoms with van der Waals surface area (Å²) in [7, 11) is 0. The standard InChI is InChI=1S/C9H12O8.C2H4O2.Na/c1-5(10)14-9(15-6(2)11,16-7(3)12)17-8(4)13;1-2(3)4;/h1-4H3;1H3,(H,3,4);/q;;+1/p-1. The van der Waals surface area contributed by atoms with E-state index < -0.39 is 36.0 Å². The summed E-state index contributed by atoms with van der Waals surface area (Å²) in [6.45, 7) is 4.77. The maximum absolute atomic E-state index is 10.8. The zero-order valence-corrected chi connectivity index (χ0v) is 15.1. The maximum Gasteiger partial charge on any atom is 1.00 e. The predicted octanol–water partition coefficient (Wildman–Crippen LogP) is -4.39. The molecule has 10 nitrogen and oxygen atoms in total. The fourth-order valence-corrected chi connectivity index (χ4v) is 0.829. The van der Waals surface area contributed by atoms with Gasteiger partial charge in [-0.3, -0.25) is 19.2 Å². The summed E-state index contributed by atoms with van der Waals surface area (Å²) in [5.74, 6) is -5.00. The van der Waals surface area contributed by atoms with Gasteiger partial charge in [0.2, 0.25) is 0 Å². The molecule has 0 rings (SSSR count). The van der Waals surface area contributed by atoms with Gasteiger partial charge in [-0.25, -0.2) is 0 Å². The van der Waals surface area contributed by atoms with Crippen LogP contribution in [-0.4, -0.2) is 36.0 Å². The van der Waals surface area contributed by atoms with Crippen molar-refractivity contribution in [3.63, 3.8) is 0 Å². The Labute approximate surface area is 148 Å². The Bertz CT molecular complexity index is 357. The van der Waals surface area contributed by atoms with Crippen molar-refractivity contribution in [3.05, 3.63) is 0 Å². The zero-order chi connectivity index (χ0) is 17.2. The van der Waals surface area contributed by atoms with Crippen molar-refractivity contribution in [1.82, 2.24) is 0 Å². The van der Waals surface area contributed by atoms with E-state index in [0.717, 1.165) is 34.6 Å². The average molecular weight is 330 g/mol. The van der Waals surface area contributed by atoms with Crippen molar-refractivity contribution in [3.8, 4) is 0 Å². The van der Waals surface area contributed by atoms with E-state index in [1.165, 1.54) is 0 Å². The van der Waals surface area contributed by atoms with Crippen LogP contribution in [0, 0.1) is 0 Å². The molecule has 22 heavy (non-hydrogen) atoms. The third-order valence-corrected chi connectivity index (χ3v) is 1.07. The summed E-state index contributed by atoms with van der Waals surface area (Å²) >= 11 is 0. The Hall–Kier alpha value is -1.65. The van der Waals surface area contributed by atoms with E-state index in [-0.39, 0.29) is 29.6 Å². The van der Waals surface area contributed by atoms with Gasteiger partial charge in [0, 0.05) is 33.7 Å². The Kier molecular flexibility index (Phi) is 13.7. The topological polar surface area (TPSA) is 145 Å². The molecule has 0 heterocycles. The number of carbonyl (C=O) groups is 5. The van der Waals surface area contributed by atoms with Crippen molar-refractivity contribution in [2.45, 2.75) is 40.8 Å². The van der Waals surface area contributed by atoms with Crippen molar-refractivity contribution in [1.29, 1.82) is 0 Å². The Morgan fingerprint density at radius 3 is 0.864 bits per heavy atom. The number of carbonyl (C=O) groups excluding carboxylic acids is 5. The molecule has 0 aromatic heterocycles. The molecular weight excluding hydrogens is 315 g/mol. The molecule has 11 heteroatoms. The Balaban J connectivity index is -0.000000640. The summed E-state index contributed by atoms with van der Waals surface area (Å²) in [4.78, 5) is 52.1. The molecule has 0 aromatic carbocycles. The van der Waals surface area contributed by atoms with Gasteiger partial charge in [-0.2, -0.15) is 0 Å². The molecule has 0 fully saturated rings. The van der Waals surface area contributed by atoms with Crippen LogP contribution in [0.1, 0.15) is 34.6 Å². The Morgan fingerprint density at radius 2 is 0.773 bits per heavy atom. The van der Waals surface area contributed by atoms with E-state index in [0.29, 0.717) is 0 Å². The van der Waals surface area contributed by atoms with Gasteiger partial charge < -0.3 is 28.8 Å². The van der Waals surface area contributed by atoms with Crippen molar-refractivity contribution >= 4 is 29.8 Å². The van der Waals surface area contributed by atoms with Gasteiger partial charge in [0.25, 0.3) is 0 Å². The summed E-state index contributed by atoms with van der Waals surface area (Å²) in [6.07, 6.45) is -2.81. The predicted molar refractivity (Wildman–Crippen MR) is 60.5 cm³/mol. The van der Waals surface area contributed by atoms with Crippen LogP contribution in [-0.2, 0) is 42.9 Å². The minimum atomic E-state index is -2.81. The molecule has 0 amide bonds. The van der Waals surface area contributed by atoms with Gasteiger partial charge in [-0.05, 0) is 6.92 Å². The van der Waals surface area contributed by atoms with Gasteiger partial charge >= 0.3 is 59.6 Å². The van der Waals surface area contributed by atoms with Crippen molar-refractivity contribution in [2.24, 2.45) is 0 Å². The molecular formula is C11H15NaO10. The number of ether oxygens (including phenoxy) is 4. The molecule has 0 saturated heterocycles. The number of aliphatic carboxylic acids is 1. The first-order valence-electron chi connectivity index (χ1n) is 5.36. The molecule has 0 N–H and O–H groups in total. The van der Waals surface area contributed by atoms with Gasteiger partial charge in [0.15, 0.2) is 0 Å². The second-order valence-corrected chi connectivity index (χ2v) is 3.37. The number of rotatable bonds is 4. The van der Waals surface area contributed by atoms with E-state index in [1.54, 1.807) is 0 Å². The van der Waals surface area contributed by atoms with E-state index in [4.69, 9.17) is 9.90 Å². The number of esters is 4. The van der Waals surface area contributed by atoms with Crippen LogP contribution in [0.2, 0.25) is 0 Å².